The topological polar surface area (TPSA) is 39.1 Å². The molecule has 3 aromatic rings. The smallest absolute Gasteiger partial charge is 0.256 e. The Bertz CT molecular complexity index is 862. The van der Waals surface area contributed by atoms with Crippen molar-refractivity contribution in [1.29, 1.82) is 0 Å². The first-order valence-electron chi connectivity index (χ1n) is 5.98. The van der Waals surface area contributed by atoms with Crippen LogP contribution in [0.3, 0.4) is 0 Å². The van der Waals surface area contributed by atoms with E-state index in [0.717, 1.165) is 20.4 Å². The fourth-order valence-electron chi connectivity index (χ4n) is 2.08. The largest absolute Gasteiger partial charge is 0.295 e. The fourth-order valence-corrected chi connectivity index (χ4v) is 3.76. The van der Waals surface area contributed by atoms with E-state index in [2.05, 4.69) is 15.9 Å². The molecule has 0 aliphatic rings. The minimum Gasteiger partial charge on any atom is -0.295 e. The number of pyridine rings is 1. The number of fused-ring (bicyclic) bond motifs is 1. The average molecular weight is 348 g/mol. The van der Waals surface area contributed by atoms with Crippen molar-refractivity contribution in [2.24, 2.45) is 0 Å². The number of Topliss-reactive ketones (excluding diaryl/α,β-unsaturated/α-hetero) is 1. The summed E-state index contributed by atoms with van der Waals surface area (Å²) >= 11 is 4.99. The van der Waals surface area contributed by atoms with E-state index >= 15 is 0 Å². The van der Waals surface area contributed by atoms with Crippen LogP contribution in [0.2, 0.25) is 0 Å². The third kappa shape index (κ3) is 2.13. The maximum atomic E-state index is 12.1. The zero-order chi connectivity index (χ0) is 14.3. The molecule has 1 aromatic carbocycles. The first-order valence-corrected chi connectivity index (χ1v) is 7.65. The van der Waals surface area contributed by atoms with Crippen LogP contribution in [0.25, 0.3) is 15.9 Å². The fraction of sp³-hybridized carbons (Fsp3) is 0.0667. The predicted octanol–water partition coefficient (Wildman–Crippen LogP) is 4.02. The molecule has 0 bridgehead atoms. The molecule has 0 saturated carbocycles. The summed E-state index contributed by atoms with van der Waals surface area (Å²) < 4.78 is 2.64. The molecule has 0 amide bonds. The van der Waals surface area contributed by atoms with Gasteiger partial charge in [0.05, 0.1) is 5.69 Å². The van der Waals surface area contributed by atoms with Crippen molar-refractivity contribution in [3.05, 3.63) is 62.2 Å². The third-order valence-electron chi connectivity index (χ3n) is 3.11. The van der Waals surface area contributed by atoms with E-state index in [1.165, 1.54) is 18.3 Å². The summed E-state index contributed by atoms with van der Waals surface area (Å²) in [5.74, 6) is 0.0148. The quantitative estimate of drug-likeness (QED) is 0.656. The third-order valence-corrected chi connectivity index (χ3v) is 5.05. The predicted molar refractivity (Wildman–Crippen MR) is 85.1 cm³/mol. The highest BCUT2D eigenvalue weighted by Crippen LogP contribution is 2.30. The van der Waals surface area contributed by atoms with Gasteiger partial charge in [-0.25, -0.2) is 0 Å². The van der Waals surface area contributed by atoms with Gasteiger partial charge in [0.15, 0.2) is 5.78 Å². The van der Waals surface area contributed by atoms with Gasteiger partial charge >= 0.3 is 0 Å². The van der Waals surface area contributed by atoms with Gasteiger partial charge in [0.2, 0.25) is 0 Å². The molecule has 0 radical (unpaired) electrons. The molecule has 20 heavy (non-hydrogen) atoms. The second kappa shape index (κ2) is 5.00. The Morgan fingerprint density at radius 1 is 1.15 bits per heavy atom. The summed E-state index contributed by atoms with van der Waals surface area (Å²) in [6.07, 6.45) is 0. The number of halogens is 1. The molecule has 0 unspecified atom stereocenters. The highest BCUT2D eigenvalue weighted by atomic mass is 79.9. The maximum absolute atomic E-state index is 12.1. The molecule has 0 aliphatic carbocycles. The summed E-state index contributed by atoms with van der Waals surface area (Å²) in [4.78, 5) is 24.3. The molecular weight excluding hydrogens is 338 g/mol. The van der Waals surface area contributed by atoms with Gasteiger partial charge in [-0.3, -0.25) is 14.2 Å². The zero-order valence-corrected chi connectivity index (χ0v) is 13.0. The molecule has 2 aromatic heterocycles. The van der Waals surface area contributed by atoms with E-state index < -0.39 is 0 Å². The van der Waals surface area contributed by atoms with Gasteiger partial charge in [-0.05, 0) is 53.2 Å². The van der Waals surface area contributed by atoms with Crippen LogP contribution >= 0.6 is 27.3 Å². The molecule has 0 aliphatic heterocycles. The summed E-state index contributed by atoms with van der Waals surface area (Å²) in [6, 6.07) is 10.4. The Kier molecular flexibility index (Phi) is 3.31. The number of carbonyl (C=O) groups excluding carboxylic acids is 1. The Balaban J connectivity index is 2.26. The Morgan fingerprint density at radius 2 is 1.85 bits per heavy atom. The summed E-state index contributed by atoms with van der Waals surface area (Å²) in [5, 5.41) is 2.97. The van der Waals surface area contributed by atoms with Crippen molar-refractivity contribution < 1.29 is 4.79 Å². The second-order valence-corrected chi connectivity index (χ2v) is 6.12. The van der Waals surface area contributed by atoms with Crippen LogP contribution in [0.15, 0.2) is 51.0 Å². The molecule has 0 spiro atoms. The van der Waals surface area contributed by atoms with E-state index in [4.69, 9.17) is 0 Å². The average Bonchev–Trinajstić information content (AvgIpc) is 2.80. The van der Waals surface area contributed by atoms with Gasteiger partial charge in [0.25, 0.3) is 5.56 Å². The van der Waals surface area contributed by atoms with Gasteiger partial charge < -0.3 is 0 Å². The van der Waals surface area contributed by atoms with Crippen LogP contribution in [0.5, 0.6) is 0 Å². The van der Waals surface area contributed by atoms with Gasteiger partial charge in [0, 0.05) is 26.9 Å². The van der Waals surface area contributed by atoms with Crippen LogP contribution in [0, 0.1) is 0 Å². The molecule has 3 rings (SSSR count). The van der Waals surface area contributed by atoms with Gasteiger partial charge in [-0.1, -0.05) is 0 Å². The standard InChI is InChI=1S/C15H10BrNO2S/c1-9(18)10-2-4-11(5-3-10)17-14(19)7-6-12-13(16)8-20-15(12)17/h2-8H,1H3. The molecular formula is C15H10BrNO2S. The van der Waals surface area contributed by atoms with Gasteiger partial charge in [0.1, 0.15) is 4.83 Å². The number of thiophene rings is 1. The lowest BCUT2D eigenvalue weighted by Gasteiger charge is -2.07. The number of hydrogen-bond acceptors (Lipinski definition) is 3. The monoisotopic (exact) mass is 347 g/mol. The van der Waals surface area contributed by atoms with Crippen LogP contribution < -0.4 is 5.56 Å². The van der Waals surface area contributed by atoms with E-state index in [9.17, 15) is 9.59 Å². The van der Waals surface area contributed by atoms with Crippen LogP contribution in [0.4, 0.5) is 0 Å². The van der Waals surface area contributed by atoms with E-state index in [-0.39, 0.29) is 11.3 Å². The summed E-state index contributed by atoms with van der Waals surface area (Å²) in [5.41, 5.74) is 1.32. The number of nitrogens with zero attached hydrogens (tertiary/aromatic N) is 1. The number of aromatic nitrogens is 1. The van der Waals surface area contributed by atoms with Gasteiger partial charge in [-0.2, -0.15) is 0 Å². The van der Waals surface area contributed by atoms with Crippen molar-refractivity contribution in [3.8, 4) is 5.69 Å². The molecule has 0 atom stereocenters. The Morgan fingerprint density at radius 3 is 2.50 bits per heavy atom. The van der Waals surface area contributed by atoms with Crippen molar-refractivity contribution in [2.75, 3.05) is 0 Å². The highest BCUT2D eigenvalue weighted by molar-refractivity contribution is 9.10. The number of ketones is 1. The van der Waals surface area contributed by atoms with Crippen molar-refractivity contribution in [1.82, 2.24) is 4.57 Å². The Labute approximate surface area is 127 Å². The lowest BCUT2D eigenvalue weighted by molar-refractivity contribution is 0.101. The number of benzene rings is 1. The molecule has 0 N–H and O–H groups in total. The first kappa shape index (κ1) is 13.3. The van der Waals surface area contributed by atoms with E-state index in [1.54, 1.807) is 34.9 Å². The van der Waals surface area contributed by atoms with Crippen LogP contribution in [-0.4, -0.2) is 10.4 Å². The van der Waals surface area contributed by atoms with E-state index in [1.807, 2.05) is 11.4 Å². The molecule has 3 nitrogen and oxygen atoms in total. The van der Waals surface area contributed by atoms with Crippen molar-refractivity contribution in [3.63, 3.8) is 0 Å². The second-order valence-electron chi connectivity index (χ2n) is 4.41. The molecule has 0 fully saturated rings. The molecule has 0 saturated heterocycles. The summed E-state index contributed by atoms with van der Waals surface area (Å²) in [7, 11) is 0. The van der Waals surface area contributed by atoms with Crippen LogP contribution in [0.1, 0.15) is 17.3 Å². The van der Waals surface area contributed by atoms with E-state index in [0.29, 0.717) is 5.56 Å². The highest BCUT2D eigenvalue weighted by Gasteiger charge is 2.10. The summed E-state index contributed by atoms with van der Waals surface area (Å²) in [6.45, 7) is 1.53. The zero-order valence-electron chi connectivity index (χ0n) is 10.6. The normalized spacial score (nSPS) is 10.9. The number of hydrogen-bond donors (Lipinski definition) is 0. The van der Waals surface area contributed by atoms with Crippen molar-refractivity contribution >= 4 is 43.3 Å². The maximum Gasteiger partial charge on any atom is 0.256 e. The van der Waals surface area contributed by atoms with Gasteiger partial charge in [-0.15, -0.1) is 11.3 Å². The lowest BCUT2D eigenvalue weighted by atomic mass is 10.1. The molecule has 5 heteroatoms. The number of rotatable bonds is 2. The SMILES string of the molecule is CC(=O)c1ccc(-n2c(=O)ccc3c(Br)csc32)cc1. The lowest BCUT2D eigenvalue weighted by Crippen LogP contribution is -2.16. The Hall–Kier alpha value is -1.72. The minimum atomic E-state index is -0.0811. The minimum absolute atomic E-state index is 0.0148. The van der Waals surface area contributed by atoms with Crippen LogP contribution in [-0.2, 0) is 0 Å². The number of carbonyl (C=O) groups is 1. The first-order chi connectivity index (χ1) is 9.58. The molecule has 100 valence electrons. The molecule has 2 heterocycles. The van der Waals surface area contributed by atoms with Crippen molar-refractivity contribution in [2.45, 2.75) is 6.92 Å².